The van der Waals surface area contributed by atoms with Crippen LogP contribution in [0.4, 0.5) is 5.69 Å². The highest BCUT2D eigenvalue weighted by atomic mass is 16.5. The Morgan fingerprint density at radius 2 is 1.71 bits per heavy atom. The van der Waals surface area contributed by atoms with Crippen molar-refractivity contribution in [2.75, 3.05) is 4.90 Å². The summed E-state index contributed by atoms with van der Waals surface area (Å²) in [6, 6.07) is 6.19. The van der Waals surface area contributed by atoms with Gasteiger partial charge < -0.3 is 10.1 Å². The molecular weight excluding hydrogens is 312 g/mol. The van der Waals surface area contributed by atoms with Gasteiger partial charge in [0.1, 0.15) is 0 Å². The molecule has 24 heavy (non-hydrogen) atoms. The fourth-order valence-corrected chi connectivity index (χ4v) is 2.44. The van der Waals surface area contributed by atoms with Gasteiger partial charge in [0, 0.05) is 18.9 Å². The molecule has 126 valence electrons. The van der Waals surface area contributed by atoms with Crippen LogP contribution in [0, 0.1) is 0 Å². The molecule has 0 unspecified atom stereocenters. The molecule has 1 saturated heterocycles. The first-order chi connectivity index (χ1) is 11.5. The summed E-state index contributed by atoms with van der Waals surface area (Å²) in [4.78, 5) is 48.3. The highest BCUT2D eigenvalue weighted by Crippen LogP contribution is 2.23. The largest absolute Gasteiger partial charge is 0.449 e. The quantitative estimate of drug-likeness (QED) is 0.646. The predicted molar refractivity (Wildman–Crippen MR) is 84.2 cm³/mol. The highest BCUT2D eigenvalue weighted by Gasteiger charge is 2.30. The van der Waals surface area contributed by atoms with Gasteiger partial charge >= 0.3 is 5.97 Å². The average molecular weight is 330 g/mol. The Kier molecular flexibility index (Phi) is 4.33. The number of amides is 3. The molecule has 1 aromatic rings. The summed E-state index contributed by atoms with van der Waals surface area (Å²) in [6.07, 6.45) is 1.45. The van der Waals surface area contributed by atoms with Crippen molar-refractivity contribution in [2.24, 2.45) is 0 Å². The van der Waals surface area contributed by atoms with Crippen molar-refractivity contribution < 1.29 is 23.9 Å². The average Bonchev–Trinajstić information content (AvgIpc) is 3.31. The second-order valence-corrected chi connectivity index (χ2v) is 6.00. The number of nitrogens with zero attached hydrogens (tertiary/aromatic N) is 1. The van der Waals surface area contributed by atoms with Crippen LogP contribution >= 0.6 is 0 Å². The molecule has 0 radical (unpaired) electrons. The lowest BCUT2D eigenvalue weighted by Gasteiger charge is -2.15. The molecular formula is C17H18N2O5. The lowest BCUT2D eigenvalue weighted by Crippen LogP contribution is -2.37. The Hall–Kier alpha value is -2.70. The van der Waals surface area contributed by atoms with E-state index in [1.165, 1.54) is 31.2 Å². The van der Waals surface area contributed by atoms with Gasteiger partial charge in [0.2, 0.25) is 11.8 Å². The van der Waals surface area contributed by atoms with Crippen LogP contribution in [0.1, 0.15) is 43.0 Å². The van der Waals surface area contributed by atoms with Gasteiger partial charge in [-0.2, -0.15) is 0 Å². The van der Waals surface area contributed by atoms with E-state index in [4.69, 9.17) is 4.74 Å². The summed E-state index contributed by atoms with van der Waals surface area (Å²) in [6.45, 7) is 1.52. The summed E-state index contributed by atoms with van der Waals surface area (Å²) in [7, 11) is 0. The molecule has 2 fully saturated rings. The zero-order valence-corrected chi connectivity index (χ0v) is 13.3. The van der Waals surface area contributed by atoms with Gasteiger partial charge in [-0.25, -0.2) is 4.79 Å². The molecule has 1 saturated carbocycles. The number of hydrogen-bond donors (Lipinski definition) is 1. The minimum atomic E-state index is -0.875. The Balaban J connectivity index is 1.62. The standard InChI is InChI=1S/C17H18N2O5/c1-10(16(22)18-12-4-5-12)24-17(23)11-2-6-13(7-3-11)19-14(20)8-9-15(19)21/h2-3,6-7,10,12H,4-5,8-9H2,1H3,(H,18,22)/t10-/m1/s1. The second kappa shape index (κ2) is 6.43. The summed E-state index contributed by atoms with van der Waals surface area (Å²) in [5, 5.41) is 2.77. The first-order valence-corrected chi connectivity index (χ1v) is 7.93. The third-order valence-electron chi connectivity index (χ3n) is 3.99. The summed E-state index contributed by atoms with van der Waals surface area (Å²) >= 11 is 0. The number of hydrogen-bond acceptors (Lipinski definition) is 5. The minimum Gasteiger partial charge on any atom is -0.449 e. The van der Waals surface area contributed by atoms with Crippen LogP contribution in [0.3, 0.4) is 0 Å². The number of ether oxygens (including phenoxy) is 1. The van der Waals surface area contributed by atoms with E-state index in [0.29, 0.717) is 5.69 Å². The Morgan fingerprint density at radius 1 is 1.12 bits per heavy atom. The van der Waals surface area contributed by atoms with E-state index in [0.717, 1.165) is 17.7 Å². The normalized spacial score (nSPS) is 18.5. The van der Waals surface area contributed by atoms with E-state index in [9.17, 15) is 19.2 Å². The van der Waals surface area contributed by atoms with E-state index in [1.54, 1.807) is 0 Å². The summed E-state index contributed by atoms with van der Waals surface area (Å²) in [5.41, 5.74) is 0.683. The van der Waals surface area contributed by atoms with Crippen LogP contribution in [-0.4, -0.2) is 35.8 Å². The molecule has 1 N–H and O–H groups in total. The zero-order valence-electron chi connectivity index (χ0n) is 13.3. The lowest BCUT2D eigenvalue weighted by atomic mass is 10.2. The second-order valence-electron chi connectivity index (χ2n) is 6.00. The fraction of sp³-hybridized carbons (Fsp3) is 0.412. The van der Waals surface area contributed by atoms with Crippen LogP contribution in [0.25, 0.3) is 0 Å². The smallest absolute Gasteiger partial charge is 0.338 e. The van der Waals surface area contributed by atoms with Gasteiger partial charge in [-0.15, -0.1) is 0 Å². The van der Waals surface area contributed by atoms with E-state index < -0.39 is 12.1 Å². The van der Waals surface area contributed by atoms with Crippen LogP contribution in [0.15, 0.2) is 24.3 Å². The molecule has 3 rings (SSSR count). The SMILES string of the molecule is C[C@@H](OC(=O)c1ccc(N2C(=O)CCC2=O)cc1)C(=O)NC1CC1. The lowest BCUT2D eigenvalue weighted by molar-refractivity contribution is -0.129. The highest BCUT2D eigenvalue weighted by molar-refractivity contribution is 6.19. The molecule has 1 aliphatic carbocycles. The molecule has 1 heterocycles. The molecule has 7 heteroatoms. The molecule has 1 atom stereocenters. The first-order valence-electron chi connectivity index (χ1n) is 7.93. The summed E-state index contributed by atoms with van der Waals surface area (Å²) in [5.74, 6) is -1.43. The number of imide groups is 1. The number of anilines is 1. The topological polar surface area (TPSA) is 92.8 Å². The molecule has 0 bridgehead atoms. The van der Waals surface area contributed by atoms with E-state index >= 15 is 0 Å². The van der Waals surface area contributed by atoms with Gasteiger partial charge in [-0.3, -0.25) is 19.3 Å². The maximum atomic E-state index is 12.1. The molecule has 0 spiro atoms. The van der Waals surface area contributed by atoms with E-state index in [1.807, 2.05) is 0 Å². The van der Waals surface area contributed by atoms with Crippen molar-refractivity contribution in [2.45, 2.75) is 44.8 Å². The molecule has 1 aliphatic heterocycles. The zero-order chi connectivity index (χ0) is 17.3. The van der Waals surface area contributed by atoms with Crippen molar-refractivity contribution in [3.63, 3.8) is 0 Å². The number of carbonyl (C=O) groups excluding carboxylic acids is 4. The van der Waals surface area contributed by atoms with Gasteiger partial charge in [0.05, 0.1) is 11.3 Å². The molecule has 0 aromatic heterocycles. The fourth-order valence-electron chi connectivity index (χ4n) is 2.44. The van der Waals surface area contributed by atoms with E-state index in [2.05, 4.69) is 5.32 Å². The van der Waals surface area contributed by atoms with Gasteiger partial charge in [0.25, 0.3) is 5.91 Å². The van der Waals surface area contributed by atoms with Crippen molar-refractivity contribution >= 4 is 29.4 Å². The van der Waals surface area contributed by atoms with Crippen LogP contribution in [-0.2, 0) is 19.1 Å². The number of carbonyl (C=O) groups is 4. The Morgan fingerprint density at radius 3 is 2.25 bits per heavy atom. The Bertz CT molecular complexity index is 677. The van der Waals surface area contributed by atoms with Crippen molar-refractivity contribution in [1.82, 2.24) is 5.32 Å². The maximum Gasteiger partial charge on any atom is 0.338 e. The molecule has 1 aromatic carbocycles. The monoisotopic (exact) mass is 330 g/mol. The predicted octanol–water partition coefficient (Wildman–Crippen LogP) is 1.16. The van der Waals surface area contributed by atoms with E-state index in [-0.39, 0.29) is 42.2 Å². The summed E-state index contributed by atoms with van der Waals surface area (Å²) < 4.78 is 5.14. The van der Waals surface area contributed by atoms with Crippen LogP contribution in [0.5, 0.6) is 0 Å². The van der Waals surface area contributed by atoms with Crippen molar-refractivity contribution in [3.05, 3.63) is 29.8 Å². The minimum absolute atomic E-state index is 0.202. The molecule has 7 nitrogen and oxygen atoms in total. The van der Waals surface area contributed by atoms with Crippen molar-refractivity contribution in [3.8, 4) is 0 Å². The third kappa shape index (κ3) is 3.45. The molecule has 2 aliphatic rings. The number of esters is 1. The number of nitrogens with one attached hydrogen (secondary N) is 1. The third-order valence-corrected chi connectivity index (χ3v) is 3.99. The van der Waals surface area contributed by atoms with Gasteiger partial charge in [-0.05, 0) is 44.0 Å². The van der Waals surface area contributed by atoms with Gasteiger partial charge in [0.15, 0.2) is 6.10 Å². The Labute approximate surface area is 139 Å². The first kappa shape index (κ1) is 16.2. The van der Waals surface area contributed by atoms with Crippen LogP contribution < -0.4 is 10.2 Å². The number of benzene rings is 1. The number of rotatable bonds is 5. The molecule has 3 amide bonds. The maximum absolute atomic E-state index is 12.1. The van der Waals surface area contributed by atoms with Crippen molar-refractivity contribution in [1.29, 1.82) is 0 Å². The van der Waals surface area contributed by atoms with Gasteiger partial charge in [-0.1, -0.05) is 0 Å². The van der Waals surface area contributed by atoms with Crippen LogP contribution in [0.2, 0.25) is 0 Å².